The maximum Gasteiger partial charge on any atom is 0.238 e. The zero-order valence-corrected chi connectivity index (χ0v) is 12.6. The summed E-state index contributed by atoms with van der Waals surface area (Å²) >= 11 is 0. The maximum absolute atomic E-state index is 11.7. The van der Waals surface area contributed by atoms with E-state index in [9.17, 15) is 13.2 Å². The smallest absolute Gasteiger partial charge is 0.238 e. The van der Waals surface area contributed by atoms with Crippen LogP contribution in [0.15, 0.2) is 29.2 Å². The van der Waals surface area contributed by atoms with Crippen molar-refractivity contribution in [3.05, 3.63) is 29.8 Å². The molecule has 0 spiro atoms. The highest BCUT2D eigenvalue weighted by Gasteiger charge is 2.13. The van der Waals surface area contributed by atoms with Gasteiger partial charge in [-0.05, 0) is 31.5 Å². The van der Waals surface area contributed by atoms with Crippen molar-refractivity contribution in [1.82, 2.24) is 5.32 Å². The number of primary sulfonamides is 1. The lowest BCUT2D eigenvalue weighted by atomic mass is 10.1. The summed E-state index contributed by atoms with van der Waals surface area (Å²) in [5, 5.41) is 7.84. The number of hydrogen-bond acceptors (Lipinski definition) is 4. The SMILES string of the molecule is COC(C)CC(=O)NC(C)c1ccc(S(N)(=O)=O)cc1. The summed E-state index contributed by atoms with van der Waals surface area (Å²) in [4.78, 5) is 11.8. The molecule has 1 aromatic rings. The summed E-state index contributed by atoms with van der Waals surface area (Å²) in [5.41, 5.74) is 0.802. The molecule has 0 fully saturated rings. The first kappa shape index (κ1) is 16.6. The van der Waals surface area contributed by atoms with Gasteiger partial charge in [0, 0.05) is 7.11 Å². The second-order valence-corrected chi connectivity index (χ2v) is 6.22. The molecule has 0 saturated heterocycles. The first-order valence-electron chi connectivity index (χ1n) is 6.19. The quantitative estimate of drug-likeness (QED) is 0.816. The highest BCUT2D eigenvalue weighted by atomic mass is 32.2. The Morgan fingerprint density at radius 3 is 2.30 bits per heavy atom. The van der Waals surface area contributed by atoms with E-state index >= 15 is 0 Å². The minimum absolute atomic E-state index is 0.0489. The molecule has 20 heavy (non-hydrogen) atoms. The number of carbonyl (C=O) groups excluding carboxylic acids is 1. The molecule has 7 heteroatoms. The van der Waals surface area contributed by atoms with Gasteiger partial charge in [0.1, 0.15) is 0 Å². The van der Waals surface area contributed by atoms with Gasteiger partial charge in [-0.1, -0.05) is 12.1 Å². The molecule has 6 nitrogen and oxygen atoms in total. The molecule has 3 N–H and O–H groups in total. The van der Waals surface area contributed by atoms with Crippen LogP contribution in [0.2, 0.25) is 0 Å². The Labute approximate surface area is 119 Å². The van der Waals surface area contributed by atoms with Crippen LogP contribution in [0.5, 0.6) is 0 Å². The van der Waals surface area contributed by atoms with Gasteiger partial charge < -0.3 is 10.1 Å². The van der Waals surface area contributed by atoms with Gasteiger partial charge in [0.2, 0.25) is 15.9 Å². The van der Waals surface area contributed by atoms with E-state index in [2.05, 4.69) is 5.32 Å². The first-order valence-corrected chi connectivity index (χ1v) is 7.73. The highest BCUT2D eigenvalue weighted by molar-refractivity contribution is 7.89. The fraction of sp³-hybridized carbons (Fsp3) is 0.462. The Bertz CT molecular complexity index is 554. The van der Waals surface area contributed by atoms with Crippen LogP contribution in [-0.2, 0) is 19.6 Å². The second-order valence-electron chi connectivity index (χ2n) is 4.65. The molecule has 0 bridgehead atoms. The van der Waals surface area contributed by atoms with E-state index < -0.39 is 10.0 Å². The van der Waals surface area contributed by atoms with Crippen LogP contribution in [0.25, 0.3) is 0 Å². The van der Waals surface area contributed by atoms with Crippen LogP contribution in [0.1, 0.15) is 31.9 Å². The molecule has 0 aromatic heterocycles. The van der Waals surface area contributed by atoms with Gasteiger partial charge in [0.25, 0.3) is 0 Å². The van der Waals surface area contributed by atoms with Gasteiger partial charge in [-0.2, -0.15) is 0 Å². The predicted octanol–water partition coefficient (Wildman–Crippen LogP) is 0.936. The average molecular weight is 300 g/mol. The summed E-state index contributed by atoms with van der Waals surface area (Å²) in [6, 6.07) is 5.88. The van der Waals surface area contributed by atoms with Crippen LogP contribution >= 0.6 is 0 Å². The molecule has 0 saturated carbocycles. The number of carbonyl (C=O) groups is 1. The molecule has 2 atom stereocenters. The Morgan fingerprint density at radius 1 is 1.30 bits per heavy atom. The minimum atomic E-state index is -3.69. The highest BCUT2D eigenvalue weighted by Crippen LogP contribution is 2.15. The van der Waals surface area contributed by atoms with E-state index in [0.29, 0.717) is 0 Å². The number of sulfonamides is 1. The lowest BCUT2D eigenvalue weighted by molar-refractivity contribution is -0.123. The van der Waals surface area contributed by atoms with Crippen LogP contribution in [-0.4, -0.2) is 27.5 Å². The molecule has 112 valence electrons. The molecule has 2 unspecified atom stereocenters. The molecule has 0 heterocycles. The second kappa shape index (κ2) is 6.83. The van der Waals surface area contributed by atoms with E-state index in [1.54, 1.807) is 19.2 Å². The van der Waals surface area contributed by atoms with Crippen molar-refractivity contribution < 1.29 is 17.9 Å². The summed E-state index contributed by atoms with van der Waals surface area (Å²) in [5.74, 6) is -0.123. The number of hydrogen-bond donors (Lipinski definition) is 2. The van der Waals surface area contributed by atoms with E-state index in [-0.39, 0.29) is 29.4 Å². The first-order chi connectivity index (χ1) is 9.24. The molecule has 0 aliphatic heterocycles. The van der Waals surface area contributed by atoms with Crippen molar-refractivity contribution >= 4 is 15.9 Å². The van der Waals surface area contributed by atoms with Crippen molar-refractivity contribution in [3.8, 4) is 0 Å². The van der Waals surface area contributed by atoms with Gasteiger partial charge >= 0.3 is 0 Å². The number of methoxy groups -OCH3 is 1. The molecule has 1 aromatic carbocycles. The maximum atomic E-state index is 11.7. The van der Waals surface area contributed by atoms with Crippen molar-refractivity contribution in [2.45, 2.75) is 37.3 Å². The van der Waals surface area contributed by atoms with Crippen molar-refractivity contribution in [3.63, 3.8) is 0 Å². The molecule has 1 amide bonds. The van der Waals surface area contributed by atoms with Gasteiger partial charge in [0.15, 0.2) is 0 Å². The van der Waals surface area contributed by atoms with Crippen LogP contribution in [0.4, 0.5) is 0 Å². The zero-order valence-electron chi connectivity index (χ0n) is 11.8. The summed E-state index contributed by atoms with van der Waals surface area (Å²) in [7, 11) is -2.14. The van der Waals surface area contributed by atoms with Crippen molar-refractivity contribution in [1.29, 1.82) is 0 Å². The van der Waals surface area contributed by atoms with Crippen molar-refractivity contribution in [2.75, 3.05) is 7.11 Å². The largest absolute Gasteiger partial charge is 0.381 e. The Morgan fingerprint density at radius 2 is 1.85 bits per heavy atom. The molecule has 0 aliphatic rings. The fourth-order valence-corrected chi connectivity index (χ4v) is 2.19. The third-order valence-electron chi connectivity index (χ3n) is 2.96. The Hall–Kier alpha value is -1.44. The van der Waals surface area contributed by atoms with Crippen LogP contribution < -0.4 is 10.5 Å². The summed E-state index contributed by atoms with van der Waals surface area (Å²) in [6.07, 6.45) is 0.128. The Balaban J connectivity index is 2.69. The molecule has 1 rings (SSSR count). The van der Waals surface area contributed by atoms with Gasteiger partial charge in [-0.25, -0.2) is 13.6 Å². The average Bonchev–Trinajstić information content (AvgIpc) is 2.37. The van der Waals surface area contributed by atoms with Crippen LogP contribution in [0, 0.1) is 0 Å². The molecule has 0 aliphatic carbocycles. The predicted molar refractivity (Wildman–Crippen MR) is 75.5 cm³/mol. The third-order valence-corrected chi connectivity index (χ3v) is 3.89. The normalized spacial score (nSPS) is 14.6. The fourth-order valence-electron chi connectivity index (χ4n) is 1.67. The summed E-state index contributed by atoms with van der Waals surface area (Å²) < 4.78 is 27.3. The Kier molecular flexibility index (Phi) is 5.67. The lowest BCUT2D eigenvalue weighted by Crippen LogP contribution is -2.29. The number of rotatable bonds is 6. The number of amides is 1. The van der Waals surface area contributed by atoms with Gasteiger partial charge in [-0.3, -0.25) is 4.79 Å². The van der Waals surface area contributed by atoms with E-state index in [4.69, 9.17) is 9.88 Å². The molecular formula is C13H20N2O4S. The number of benzene rings is 1. The lowest BCUT2D eigenvalue weighted by Gasteiger charge is -2.16. The third kappa shape index (κ3) is 4.92. The van der Waals surface area contributed by atoms with Gasteiger partial charge in [-0.15, -0.1) is 0 Å². The van der Waals surface area contributed by atoms with E-state index in [1.165, 1.54) is 12.1 Å². The van der Waals surface area contributed by atoms with E-state index in [0.717, 1.165) is 5.56 Å². The number of nitrogens with two attached hydrogens (primary N) is 1. The van der Waals surface area contributed by atoms with Crippen LogP contribution in [0.3, 0.4) is 0 Å². The zero-order chi connectivity index (χ0) is 15.3. The standard InChI is InChI=1S/C13H20N2O4S/c1-9(19-3)8-13(16)15-10(2)11-4-6-12(7-5-11)20(14,17)18/h4-7,9-10H,8H2,1-3H3,(H,15,16)(H2,14,17,18). The van der Waals surface area contributed by atoms with Gasteiger partial charge in [0.05, 0.1) is 23.5 Å². The number of ether oxygens (including phenoxy) is 1. The monoisotopic (exact) mass is 300 g/mol. The molecular weight excluding hydrogens is 280 g/mol. The minimum Gasteiger partial charge on any atom is -0.381 e. The number of nitrogens with one attached hydrogen (secondary N) is 1. The topological polar surface area (TPSA) is 98.5 Å². The summed E-state index contributed by atoms with van der Waals surface area (Å²) in [6.45, 7) is 3.63. The molecule has 0 radical (unpaired) electrons. The van der Waals surface area contributed by atoms with E-state index in [1.807, 2.05) is 13.8 Å². The van der Waals surface area contributed by atoms with Crippen molar-refractivity contribution in [2.24, 2.45) is 5.14 Å².